The molecule has 0 aliphatic carbocycles. The van der Waals surface area contributed by atoms with Crippen molar-refractivity contribution in [2.24, 2.45) is 0 Å². The molecule has 2 aromatic heterocycles. The average Bonchev–Trinajstić information content (AvgIpc) is 3.31. The summed E-state index contributed by atoms with van der Waals surface area (Å²) < 4.78 is 0. The minimum absolute atomic E-state index is 0.0221. The molecule has 3 aromatic rings. The Morgan fingerprint density at radius 3 is 2.81 bits per heavy atom. The van der Waals surface area contributed by atoms with Gasteiger partial charge in [-0.1, -0.05) is 29.8 Å². The first-order valence-electron chi connectivity index (χ1n) is 8.96. The number of hydrogen-bond donors (Lipinski definition) is 3. The smallest absolute Gasteiger partial charge is 0.325 e. The lowest BCUT2D eigenvalue weighted by Gasteiger charge is -2.29. The summed E-state index contributed by atoms with van der Waals surface area (Å²) in [5.41, 5.74) is 2.02. The van der Waals surface area contributed by atoms with E-state index in [4.69, 9.17) is 11.6 Å². The third kappa shape index (κ3) is 3.74. The number of hydrogen-bond acceptors (Lipinski definition) is 4. The molecule has 3 heterocycles. The maximum Gasteiger partial charge on any atom is 0.325 e. The van der Waals surface area contributed by atoms with Gasteiger partial charge in [-0.25, -0.2) is 9.78 Å². The quantitative estimate of drug-likeness (QED) is 0.629. The molecule has 27 heavy (non-hydrogen) atoms. The Morgan fingerprint density at radius 2 is 2.04 bits per heavy atom. The molecule has 0 bridgehead atoms. The van der Waals surface area contributed by atoms with Gasteiger partial charge in [0.2, 0.25) is 0 Å². The van der Waals surface area contributed by atoms with Gasteiger partial charge >= 0.3 is 5.69 Å². The van der Waals surface area contributed by atoms with Crippen LogP contribution in [0.2, 0.25) is 5.02 Å². The third-order valence-electron chi connectivity index (χ3n) is 4.93. The van der Waals surface area contributed by atoms with Gasteiger partial charge in [0, 0.05) is 17.8 Å². The van der Waals surface area contributed by atoms with E-state index in [1.165, 1.54) is 6.20 Å². The van der Waals surface area contributed by atoms with E-state index in [0.29, 0.717) is 28.3 Å². The number of nitrogens with zero attached hydrogens (tertiary/aromatic N) is 2. The summed E-state index contributed by atoms with van der Waals surface area (Å²) in [6.45, 7) is 2.43. The number of carbonyl (C=O) groups is 1. The first kappa shape index (κ1) is 17.8. The highest BCUT2D eigenvalue weighted by atomic mass is 35.5. The molecule has 1 aromatic carbocycles. The van der Waals surface area contributed by atoms with Crippen molar-refractivity contribution < 1.29 is 4.79 Å². The van der Waals surface area contributed by atoms with Crippen LogP contribution in [0.15, 0.2) is 41.3 Å². The number of fused-ring (bicyclic) bond motifs is 1. The normalized spacial score (nSPS) is 15.9. The molecule has 4 rings (SSSR count). The Bertz CT molecular complexity index is 1020. The van der Waals surface area contributed by atoms with E-state index in [9.17, 15) is 9.59 Å². The van der Waals surface area contributed by atoms with Gasteiger partial charge in [-0.3, -0.25) is 14.7 Å². The summed E-state index contributed by atoms with van der Waals surface area (Å²) in [6.07, 6.45) is 3.76. The predicted molar refractivity (Wildman–Crippen MR) is 104 cm³/mol. The molecule has 1 aliphatic rings. The van der Waals surface area contributed by atoms with Gasteiger partial charge in [0.05, 0.1) is 17.1 Å². The van der Waals surface area contributed by atoms with Gasteiger partial charge in [-0.05, 0) is 43.6 Å². The molecular formula is C19H20ClN5O2. The molecule has 3 N–H and O–H groups in total. The summed E-state index contributed by atoms with van der Waals surface area (Å²) >= 11 is 6.41. The minimum Gasteiger partial charge on any atom is -0.350 e. The van der Waals surface area contributed by atoms with Crippen LogP contribution in [0.1, 0.15) is 34.8 Å². The van der Waals surface area contributed by atoms with E-state index in [1.54, 1.807) is 6.07 Å². The second kappa shape index (κ2) is 7.54. The predicted octanol–water partition coefficient (Wildman–Crippen LogP) is 2.47. The largest absolute Gasteiger partial charge is 0.350 e. The van der Waals surface area contributed by atoms with Crippen LogP contribution in [-0.2, 0) is 0 Å². The van der Waals surface area contributed by atoms with Crippen molar-refractivity contribution in [1.82, 2.24) is 25.2 Å². The highest BCUT2D eigenvalue weighted by Crippen LogP contribution is 2.29. The maximum absolute atomic E-state index is 12.6. The average molecular weight is 386 g/mol. The lowest BCUT2D eigenvalue weighted by Crippen LogP contribution is -2.37. The second-order valence-corrected chi connectivity index (χ2v) is 7.10. The monoisotopic (exact) mass is 385 g/mol. The molecule has 1 fully saturated rings. The second-order valence-electron chi connectivity index (χ2n) is 6.69. The van der Waals surface area contributed by atoms with Crippen LogP contribution in [0.3, 0.4) is 0 Å². The zero-order valence-electron chi connectivity index (χ0n) is 14.7. The van der Waals surface area contributed by atoms with E-state index in [1.807, 2.05) is 24.3 Å². The molecule has 8 heteroatoms. The van der Waals surface area contributed by atoms with E-state index < -0.39 is 0 Å². The van der Waals surface area contributed by atoms with Crippen molar-refractivity contribution in [3.63, 3.8) is 0 Å². The van der Waals surface area contributed by atoms with Gasteiger partial charge in [0.1, 0.15) is 0 Å². The van der Waals surface area contributed by atoms with Crippen molar-refractivity contribution in [1.29, 1.82) is 0 Å². The number of nitrogens with one attached hydrogen (secondary N) is 3. The van der Waals surface area contributed by atoms with Crippen LogP contribution in [0.4, 0.5) is 0 Å². The molecule has 0 spiro atoms. The van der Waals surface area contributed by atoms with Crippen molar-refractivity contribution >= 4 is 28.7 Å². The molecule has 1 unspecified atom stereocenters. The van der Waals surface area contributed by atoms with Crippen molar-refractivity contribution in [2.45, 2.75) is 18.9 Å². The van der Waals surface area contributed by atoms with Crippen LogP contribution < -0.4 is 11.0 Å². The summed E-state index contributed by atoms with van der Waals surface area (Å²) in [6, 6.07) is 9.40. The number of H-pyrrole nitrogens is 2. The van der Waals surface area contributed by atoms with E-state index in [2.05, 4.69) is 25.2 Å². The Balaban J connectivity index is 1.53. The van der Waals surface area contributed by atoms with Gasteiger partial charge in [-0.15, -0.1) is 0 Å². The first-order chi connectivity index (χ1) is 13.1. The summed E-state index contributed by atoms with van der Waals surface area (Å²) in [5, 5.41) is 3.70. The summed E-state index contributed by atoms with van der Waals surface area (Å²) in [4.78, 5) is 35.6. The zero-order chi connectivity index (χ0) is 18.8. The maximum atomic E-state index is 12.6. The highest BCUT2D eigenvalue weighted by Gasteiger charge is 2.25. The van der Waals surface area contributed by atoms with Crippen LogP contribution in [0.5, 0.6) is 0 Å². The Kier molecular flexibility index (Phi) is 4.96. The third-order valence-corrected chi connectivity index (χ3v) is 5.28. The van der Waals surface area contributed by atoms with E-state index >= 15 is 0 Å². The number of likely N-dealkylation sites (tertiary alicyclic amines) is 1. The molecule has 1 aliphatic heterocycles. The van der Waals surface area contributed by atoms with Gasteiger partial charge in [0.15, 0.2) is 5.65 Å². The zero-order valence-corrected chi connectivity index (χ0v) is 15.4. The fourth-order valence-corrected chi connectivity index (χ4v) is 3.83. The Hall–Kier alpha value is -2.64. The van der Waals surface area contributed by atoms with Crippen molar-refractivity contribution in [3.05, 3.63) is 63.2 Å². The van der Waals surface area contributed by atoms with E-state index in [0.717, 1.165) is 31.5 Å². The molecule has 1 saturated heterocycles. The van der Waals surface area contributed by atoms with Crippen LogP contribution >= 0.6 is 11.6 Å². The molecule has 140 valence electrons. The first-order valence-corrected chi connectivity index (χ1v) is 9.34. The van der Waals surface area contributed by atoms with Gasteiger partial charge < -0.3 is 10.3 Å². The van der Waals surface area contributed by atoms with Gasteiger partial charge in [0.25, 0.3) is 5.91 Å². The van der Waals surface area contributed by atoms with Crippen molar-refractivity contribution in [3.8, 4) is 0 Å². The summed E-state index contributed by atoms with van der Waals surface area (Å²) in [7, 11) is 0. The fraction of sp³-hybridized carbons (Fsp3) is 0.316. The molecule has 0 radical (unpaired) electrons. The number of halogens is 1. The van der Waals surface area contributed by atoms with Crippen LogP contribution in [-0.4, -0.2) is 45.4 Å². The Morgan fingerprint density at radius 1 is 1.26 bits per heavy atom. The topological polar surface area (TPSA) is 93.9 Å². The molecule has 7 nitrogen and oxygen atoms in total. The number of aromatic amines is 2. The lowest BCUT2D eigenvalue weighted by molar-refractivity contribution is 0.0937. The molecule has 1 amide bonds. The number of benzene rings is 1. The van der Waals surface area contributed by atoms with Crippen LogP contribution in [0.25, 0.3) is 11.2 Å². The van der Waals surface area contributed by atoms with Gasteiger partial charge in [-0.2, -0.15) is 0 Å². The molecule has 1 atom stereocenters. The lowest BCUT2D eigenvalue weighted by atomic mass is 10.1. The fourth-order valence-electron chi connectivity index (χ4n) is 3.57. The number of amides is 1. The van der Waals surface area contributed by atoms with Crippen LogP contribution in [0, 0.1) is 0 Å². The number of carbonyl (C=O) groups excluding carboxylic acids is 1. The standard InChI is InChI=1S/C19H20ClN5O2/c20-14-6-2-1-5-13(14)16(25-7-3-4-8-25)11-22-18(26)12-9-15-17(21-10-12)24-19(27)23-15/h1-2,5-6,9-10,16H,3-4,7-8,11H2,(H,22,26)(H2,21,23,24,27). The number of pyridine rings is 1. The minimum atomic E-state index is -0.345. The van der Waals surface area contributed by atoms with E-state index in [-0.39, 0.29) is 17.6 Å². The van der Waals surface area contributed by atoms with Crippen molar-refractivity contribution in [2.75, 3.05) is 19.6 Å². The molecular weight excluding hydrogens is 366 g/mol. The SMILES string of the molecule is O=C(NCC(c1ccccc1Cl)N1CCCC1)c1cnc2[nH]c(=O)[nH]c2c1. The Labute approximate surface area is 160 Å². The number of aromatic nitrogens is 3. The summed E-state index contributed by atoms with van der Waals surface area (Å²) in [5.74, 6) is -0.234. The number of rotatable bonds is 5. The number of imidazole rings is 1. The highest BCUT2D eigenvalue weighted by molar-refractivity contribution is 6.31. The molecule has 0 saturated carbocycles.